The molecule has 2 aromatic rings. The smallest absolute Gasteiger partial charge is 0.337 e. The van der Waals surface area contributed by atoms with E-state index in [4.69, 9.17) is 0 Å². The normalized spacial score (nSPS) is 19.5. The number of aliphatic imine (C=N–C) groups is 1. The number of anilines is 3. The molecule has 1 unspecified atom stereocenters. The Hall–Kier alpha value is -3.58. The van der Waals surface area contributed by atoms with Gasteiger partial charge in [-0.15, -0.1) is 0 Å². The molecule has 2 aliphatic rings. The molecule has 2 aromatic carbocycles. The highest BCUT2D eigenvalue weighted by atomic mass is 32.2. The first-order valence-corrected chi connectivity index (χ1v) is 12.3. The molecule has 13 heteroatoms. The molecule has 186 valence electrons. The Morgan fingerprint density at radius 1 is 1.20 bits per heavy atom. The standard InChI is InChI=1S/C22H23F3N6O3S/c1-31(35(2,33)34)18-5-3-4-14(8-18)11-26-22(27-12-16(13-28-22)21(23,24)25)30-17-6-7-19-15(9-17)10-20(32)29-19/h3-9,12-13,26-27,30H,10-11H2,1-2H3,(H,29,32). The highest BCUT2D eigenvalue weighted by Gasteiger charge is 2.38. The van der Waals surface area contributed by atoms with E-state index in [0.717, 1.165) is 28.5 Å². The summed E-state index contributed by atoms with van der Waals surface area (Å²) < 4.78 is 64.3. The number of benzene rings is 2. The first-order chi connectivity index (χ1) is 16.3. The van der Waals surface area contributed by atoms with Crippen LogP contribution in [0.3, 0.4) is 0 Å². The summed E-state index contributed by atoms with van der Waals surface area (Å²) in [6.45, 7) is 0.128. The largest absolute Gasteiger partial charge is 0.419 e. The van der Waals surface area contributed by atoms with Gasteiger partial charge in [-0.05, 0) is 41.5 Å². The Kier molecular flexibility index (Phi) is 6.23. The molecular weight excluding hydrogens is 485 g/mol. The molecule has 4 N–H and O–H groups in total. The molecule has 0 aromatic heterocycles. The Labute approximate surface area is 200 Å². The number of nitrogens with zero attached hydrogens (tertiary/aromatic N) is 2. The number of carbonyl (C=O) groups is 1. The molecule has 9 nitrogen and oxygen atoms in total. The number of hydrogen-bond donors (Lipinski definition) is 4. The van der Waals surface area contributed by atoms with Crippen molar-refractivity contribution in [3.63, 3.8) is 0 Å². The molecule has 0 radical (unpaired) electrons. The van der Waals surface area contributed by atoms with Crippen molar-refractivity contribution in [1.29, 1.82) is 0 Å². The summed E-state index contributed by atoms with van der Waals surface area (Å²) in [4.78, 5) is 15.7. The van der Waals surface area contributed by atoms with Crippen molar-refractivity contribution in [2.75, 3.05) is 28.2 Å². The van der Waals surface area contributed by atoms with Gasteiger partial charge in [-0.3, -0.25) is 14.4 Å². The number of carbonyl (C=O) groups excluding carboxylic acids is 1. The van der Waals surface area contributed by atoms with Gasteiger partial charge < -0.3 is 16.0 Å². The van der Waals surface area contributed by atoms with E-state index < -0.39 is 27.7 Å². The zero-order valence-electron chi connectivity index (χ0n) is 18.8. The predicted molar refractivity (Wildman–Crippen MR) is 127 cm³/mol. The molecule has 0 bridgehead atoms. The molecule has 0 saturated carbocycles. The second-order valence-corrected chi connectivity index (χ2v) is 10.2. The van der Waals surface area contributed by atoms with Crippen molar-refractivity contribution >= 4 is 39.2 Å². The van der Waals surface area contributed by atoms with E-state index in [-0.39, 0.29) is 18.9 Å². The van der Waals surface area contributed by atoms with Gasteiger partial charge in [0.05, 0.1) is 23.9 Å². The molecule has 2 heterocycles. The van der Waals surface area contributed by atoms with E-state index in [9.17, 15) is 26.4 Å². The van der Waals surface area contributed by atoms with Crippen LogP contribution in [-0.4, -0.2) is 45.9 Å². The highest BCUT2D eigenvalue weighted by Crippen LogP contribution is 2.29. The second kappa shape index (κ2) is 8.89. The third kappa shape index (κ3) is 5.57. The summed E-state index contributed by atoms with van der Waals surface area (Å²) in [5, 5.41) is 11.5. The van der Waals surface area contributed by atoms with Gasteiger partial charge in [0.1, 0.15) is 0 Å². The predicted octanol–water partition coefficient (Wildman–Crippen LogP) is 2.51. The van der Waals surface area contributed by atoms with Crippen molar-refractivity contribution in [3.05, 3.63) is 65.4 Å². The molecule has 0 aliphatic carbocycles. The average molecular weight is 509 g/mol. The molecule has 0 fully saturated rings. The van der Waals surface area contributed by atoms with Crippen LogP contribution < -0.4 is 25.6 Å². The van der Waals surface area contributed by atoms with Gasteiger partial charge in [-0.2, -0.15) is 13.2 Å². The second-order valence-electron chi connectivity index (χ2n) is 8.19. The van der Waals surface area contributed by atoms with Crippen molar-refractivity contribution in [2.45, 2.75) is 25.1 Å². The van der Waals surface area contributed by atoms with E-state index in [2.05, 4.69) is 26.3 Å². The maximum atomic E-state index is 13.1. The number of rotatable bonds is 7. The van der Waals surface area contributed by atoms with Crippen molar-refractivity contribution in [3.8, 4) is 0 Å². The Morgan fingerprint density at radius 2 is 1.97 bits per heavy atom. The molecule has 1 atom stereocenters. The first-order valence-electron chi connectivity index (χ1n) is 10.4. The number of hydrogen-bond acceptors (Lipinski definition) is 7. The number of allylic oxidation sites excluding steroid dienone is 1. The lowest BCUT2D eigenvalue weighted by Gasteiger charge is -2.35. The number of fused-ring (bicyclic) bond motifs is 1. The van der Waals surface area contributed by atoms with Crippen LogP contribution in [0.2, 0.25) is 0 Å². The third-order valence-corrected chi connectivity index (χ3v) is 6.74. The van der Waals surface area contributed by atoms with Gasteiger partial charge in [-0.25, -0.2) is 13.4 Å². The maximum Gasteiger partial charge on any atom is 0.419 e. The summed E-state index contributed by atoms with van der Waals surface area (Å²) in [6, 6.07) is 11.8. The third-order valence-electron chi connectivity index (χ3n) is 5.54. The lowest BCUT2D eigenvalue weighted by molar-refractivity contribution is -0.115. The van der Waals surface area contributed by atoms with Crippen LogP contribution in [0.25, 0.3) is 0 Å². The molecule has 4 rings (SSSR count). The highest BCUT2D eigenvalue weighted by molar-refractivity contribution is 7.92. The maximum absolute atomic E-state index is 13.1. The number of nitrogens with one attached hydrogen (secondary N) is 4. The summed E-state index contributed by atoms with van der Waals surface area (Å²) in [6.07, 6.45) is -1.75. The van der Waals surface area contributed by atoms with Crippen molar-refractivity contribution in [1.82, 2.24) is 10.6 Å². The Bertz CT molecular complexity index is 1330. The summed E-state index contributed by atoms with van der Waals surface area (Å²) in [7, 11) is -2.04. The van der Waals surface area contributed by atoms with Crippen LogP contribution in [0, 0.1) is 0 Å². The number of alkyl halides is 3. The number of amides is 1. The van der Waals surface area contributed by atoms with E-state index >= 15 is 0 Å². The lowest BCUT2D eigenvalue weighted by Crippen LogP contribution is -2.60. The number of sulfonamides is 1. The van der Waals surface area contributed by atoms with Gasteiger partial charge in [-0.1, -0.05) is 12.1 Å². The van der Waals surface area contributed by atoms with E-state index in [1.54, 1.807) is 42.5 Å². The van der Waals surface area contributed by atoms with E-state index in [1.807, 2.05) is 0 Å². The molecular formula is C22H23F3N6O3S. The molecule has 2 aliphatic heterocycles. The minimum atomic E-state index is -4.58. The van der Waals surface area contributed by atoms with E-state index in [0.29, 0.717) is 22.6 Å². The van der Waals surface area contributed by atoms with Crippen LogP contribution in [0.5, 0.6) is 0 Å². The monoisotopic (exact) mass is 508 g/mol. The molecule has 35 heavy (non-hydrogen) atoms. The number of halogens is 3. The Balaban J connectivity index is 1.58. The molecule has 1 amide bonds. The molecule has 0 saturated heterocycles. The lowest BCUT2D eigenvalue weighted by atomic mass is 10.1. The topological polar surface area (TPSA) is 115 Å². The zero-order chi connectivity index (χ0) is 25.4. The van der Waals surface area contributed by atoms with Gasteiger partial charge >= 0.3 is 6.18 Å². The quantitative estimate of drug-likeness (QED) is 0.428. The van der Waals surface area contributed by atoms with Crippen LogP contribution in [0.4, 0.5) is 30.2 Å². The fourth-order valence-corrected chi connectivity index (χ4v) is 4.08. The van der Waals surface area contributed by atoms with Gasteiger partial charge in [0.15, 0.2) is 0 Å². The minimum absolute atomic E-state index is 0.128. The Morgan fingerprint density at radius 3 is 2.63 bits per heavy atom. The summed E-state index contributed by atoms with van der Waals surface area (Å²) >= 11 is 0. The van der Waals surface area contributed by atoms with Crippen LogP contribution in [0.15, 0.2) is 59.2 Å². The van der Waals surface area contributed by atoms with Crippen LogP contribution >= 0.6 is 0 Å². The van der Waals surface area contributed by atoms with Gasteiger partial charge in [0.2, 0.25) is 15.9 Å². The zero-order valence-corrected chi connectivity index (χ0v) is 19.6. The van der Waals surface area contributed by atoms with Crippen molar-refractivity contribution in [2.24, 2.45) is 4.99 Å². The van der Waals surface area contributed by atoms with Gasteiger partial charge in [0, 0.05) is 37.4 Å². The van der Waals surface area contributed by atoms with Gasteiger partial charge in [0.25, 0.3) is 5.91 Å². The SMILES string of the molecule is CN(c1cccc(CNC2(Nc3ccc4c(c3)CC(=O)N4)N=CC(C(F)(F)F)=CN2)c1)S(C)(=O)=O. The van der Waals surface area contributed by atoms with Crippen LogP contribution in [0.1, 0.15) is 11.1 Å². The minimum Gasteiger partial charge on any atom is -0.337 e. The first kappa shape index (κ1) is 24.5. The fourth-order valence-electron chi connectivity index (χ4n) is 3.59. The van der Waals surface area contributed by atoms with E-state index in [1.165, 1.54) is 7.05 Å². The average Bonchev–Trinajstić information content (AvgIpc) is 3.16. The summed E-state index contributed by atoms with van der Waals surface area (Å²) in [5.74, 6) is -1.69. The fraction of sp³-hybridized carbons (Fsp3) is 0.273. The van der Waals surface area contributed by atoms with Crippen molar-refractivity contribution < 1.29 is 26.4 Å². The molecule has 0 spiro atoms. The summed E-state index contributed by atoms with van der Waals surface area (Å²) in [5.41, 5.74) is 2.10. The van der Waals surface area contributed by atoms with Crippen LogP contribution in [-0.2, 0) is 27.8 Å².